The van der Waals surface area contributed by atoms with E-state index in [9.17, 15) is 8.42 Å². The van der Waals surface area contributed by atoms with E-state index >= 15 is 0 Å². The molecule has 0 amide bonds. The smallest absolute Gasteiger partial charge is 0.240 e. The number of hydrogen-bond acceptors (Lipinski definition) is 2. The van der Waals surface area contributed by atoms with Gasteiger partial charge in [0, 0.05) is 17.8 Å². The number of benzene rings is 3. The Labute approximate surface area is 146 Å². The Morgan fingerprint density at radius 3 is 2.52 bits per heavy atom. The van der Waals surface area contributed by atoms with Crippen molar-refractivity contribution in [2.75, 3.05) is 0 Å². The Morgan fingerprint density at radius 2 is 1.68 bits per heavy atom. The van der Waals surface area contributed by atoms with E-state index in [1.807, 2.05) is 55.5 Å². The molecule has 0 unspecified atom stereocenters. The highest BCUT2D eigenvalue weighted by Gasteiger charge is 2.14. The molecule has 4 aromatic rings. The molecule has 0 aliphatic heterocycles. The fourth-order valence-electron chi connectivity index (χ4n) is 3.03. The van der Waals surface area contributed by atoms with Crippen molar-refractivity contribution in [1.29, 1.82) is 0 Å². The van der Waals surface area contributed by atoms with Crippen LogP contribution >= 0.6 is 0 Å². The van der Waals surface area contributed by atoms with Crippen molar-refractivity contribution >= 4 is 31.7 Å². The van der Waals surface area contributed by atoms with Gasteiger partial charge >= 0.3 is 0 Å². The van der Waals surface area contributed by atoms with Crippen LogP contribution in [0.2, 0.25) is 0 Å². The molecule has 0 aliphatic rings. The topological polar surface area (TPSA) is 62.0 Å². The minimum absolute atomic E-state index is 0.259. The van der Waals surface area contributed by atoms with Crippen LogP contribution in [-0.4, -0.2) is 13.4 Å². The van der Waals surface area contributed by atoms with E-state index < -0.39 is 10.0 Å². The fourth-order valence-corrected chi connectivity index (χ4v) is 4.09. The predicted molar refractivity (Wildman–Crippen MR) is 101 cm³/mol. The maximum atomic E-state index is 12.6. The lowest BCUT2D eigenvalue weighted by Crippen LogP contribution is -2.23. The summed E-state index contributed by atoms with van der Waals surface area (Å²) in [6.07, 6.45) is 0. The average Bonchev–Trinajstić information content (AvgIpc) is 2.99. The largest absolute Gasteiger partial charge is 0.359 e. The summed E-state index contributed by atoms with van der Waals surface area (Å²) in [6.45, 7) is 2.26. The molecule has 4 rings (SSSR count). The lowest BCUT2D eigenvalue weighted by Gasteiger charge is -2.08. The Bertz CT molecular complexity index is 1180. The van der Waals surface area contributed by atoms with Crippen LogP contribution in [0.5, 0.6) is 0 Å². The second kappa shape index (κ2) is 6.02. The Balaban J connectivity index is 1.58. The molecule has 1 aromatic heterocycles. The molecule has 0 saturated carbocycles. The summed E-state index contributed by atoms with van der Waals surface area (Å²) < 4.78 is 27.9. The molecule has 0 bridgehead atoms. The summed E-state index contributed by atoms with van der Waals surface area (Å²) in [4.78, 5) is 3.54. The molecule has 0 aliphatic carbocycles. The van der Waals surface area contributed by atoms with Gasteiger partial charge < -0.3 is 4.98 Å². The van der Waals surface area contributed by atoms with Crippen molar-refractivity contribution in [1.82, 2.24) is 9.71 Å². The number of aryl methyl sites for hydroxylation is 1. The molecule has 0 atom stereocenters. The van der Waals surface area contributed by atoms with Gasteiger partial charge in [-0.25, -0.2) is 13.1 Å². The minimum Gasteiger partial charge on any atom is -0.359 e. The van der Waals surface area contributed by atoms with E-state index in [-0.39, 0.29) is 11.4 Å². The number of hydrogen-bond donors (Lipinski definition) is 2. The highest BCUT2D eigenvalue weighted by Crippen LogP contribution is 2.20. The third kappa shape index (κ3) is 3.16. The van der Waals surface area contributed by atoms with Crippen LogP contribution in [0.25, 0.3) is 21.7 Å². The molecule has 3 aromatic carbocycles. The quantitative estimate of drug-likeness (QED) is 0.582. The van der Waals surface area contributed by atoms with Crippen LogP contribution in [-0.2, 0) is 16.6 Å². The van der Waals surface area contributed by atoms with Crippen molar-refractivity contribution < 1.29 is 8.42 Å². The van der Waals surface area contributed by atoms with E-state index in [4.69, 9.17) is 0 Å². The van der Waals surface area contributed by atoms with E-state index in [0.29, 0.717) is 0 Å². The summed E-state index contributed by atoms with van der Waals surface area (Å²) in [5.41, 5.74) is 3.07. The van der Waals surface area contributed by atoms with Gasteiger partial charge in [0.2, 0.25) is 10.0 Å². The van der Waals surface area contributed by atoms with Crippen molar-refractivity contribution in [2.45, 2.75) is 18.4 Å². The second-order valence-electron chi connectivity index (χ2n) is 6.21. The zero-order chi connectivity index (χ0) is 17.4. The zero-order valence-electron chi connectivity index (χ0n) is 13.8. The molecule has 25 heavy (non-hydrogen) atoms. The van der Waals surface area contributed by atoms with Gasteiger partial charge in [-0.15, -0.1) is 0 Å². The first-order valence-corrected chi connectivity index (χ1v) is 9.56. The van der Waals surface area contributed by atoms with Gasteiger partial charge in [-0.05, 0) is 59.0 Å². The normalized spacial score (nSPS) is 12.0. The Hall–Kier alpha value is -2.63. The number of aromatic nitrogens is 1. The van der Waals surface area contributed by atoms with Gasteiger partial charge in [0.15, 0.2) is 0 Å². The highest BCUT2D eigenvalue weighted by atomic mass is 32.2. The number of sulfonamides is 1. The van der Waals surface area contributed by atoms with Gasteiger partial charge in [-0.2, -0.15) is 0 Å². The molecule has 1 heterocycles. The summed E-state index contributed by atoms with van der Waals surface area (Å²) >= 11 is 0. The van der Waals surface area contributed by atoms with Crippen LogP contribution in [0.4, 0.5) is 0 Å². The number of nitrogens with one attached hydrogen (secondary N) is 2. The summed E-state index contributed by atoms with van der Waals surface area (Å²) in [6, 6.07) is 20.9. The van der Waals surface area contributed by atoms with Gasteiger partial charge in [-0.1, -0.05) is 36.4 Å². The maximum Gasteiger partial charge on any atom is 0.240 e. The van der Waals surface area contributed by atoms with Crippen LogP contribution in [0.3, 0.4) is 0 Å². The molecule has 126 valence electrons. The van der Waals surface area contributed by atoms with E-state index in [1.54, 1.807) is 12.1 Å². The molecular formula is C20H18N2O2S. The third-order valence-electron chi connectivity index (χ3n) is 4.32. The van der Waals surface area contributed by atoms with E-state index in [0.717, 1.165) is 32.9 Å². The number of H-pyrrole nitrogens is 1. The van der Waals surface area contributed by atoms with E-state index in [2.05, 4.69) is 15.8 Å². The van der Waals surface area contributed by atoms with Crippen molar-refractivity contribution in [3.05, 3.63) is 78.0 Å². The zero-order valence-corrected chi connectivity index (χ0v) is 14.6. The van der Waals surface area contributed by atoms with E-state index in [1.165, 1.54) is 0 Å². The maximum absolute atomic E-state index is 12.6. The third-order valence-corrected chi connectivity index (χ3v) is 5.72. The van der Waals surface area contributed by atoms with Crippen molar-refractivity contribution in [2.24, 2.45) is 0 Å². The Kier molecular flexibility index (Phi) is 3.82. The first-order chi connectivity index (χ1) is 12.0. The molecule has 4 nitrogen and oxygen atoms in total. The summed E-state index contributed by atoms with van der Waals surface area (Å²) in [7, 11) is -3.56. The molecular weight excluding hydrogens is 332 g/mol. The molecule has 0 fully saturated rings. The predicted octanol–water partition coefficient (Wildman–Crippen LogP) is 4.11. The standard InChI is InChI=1S/C20H18N2O2S/c1-14-10-18-11-15(6-9-20(18)22-14)13-21-25(23,24)19-8-7-16-4-2-3-5-17(16)12-19/h2-12,21-22H,13H2,1H3. The highest BCUT2D eigenvalue weighted by molar-refractivity contribution is 7.89. The fraction of sp³-hybridized carbons (Fsp3) is 0.100. The Morgan fingerprint density at radius 1 is 0.880 bits per heavy atom. The van der Waals surface area contributed by atoms with Crippen LogP contribution in [0.1, 0.15) is 11.3 Å². The SMILES string of the molecule is Cc1cc2cc(CNS(=O)(=O)c3ccc4ccccc4c3)ccc2[nH]1. The van der Waals surface area contributed by atoms with Gasteiger partial charge in [-0.3, -0.25) is 0 Å². The lowest BCUT2D eigenvalue weighted by molar-refractivity contribution is 0.581. The molecule has 5 heteroatoms. The summed E-state index contributed by atoms with van der Waals surface area (Å²) in [5.74, 6) is 0. The van der Waals surface area contributed by atoms with Crippen LogP contribution in [0, 0.1) is 6.92 Å². The number of aromatic amines is 1. The lowest BCUT2D eigenvalue weighted by atomic mass is 10.1. The number of rotatable bonds is 4. The summed E-state index contributed by atoms with van der Waals surface area (Å²) in [5, 5.41) is 3.02. The van der Waals surface area contributed by atoms with Crippen molar-refractivity contribution in [3.63, 3.8) is 0 Å². The molecule has 0 radical (unpaired) electrons. The van der Waals surface area contributed by atoms with Crippen molar-refractivity contribution in [3.8, 4) is 0 Å². The average molecular weight is 350 g/mol. The second-order valence-corrected chi connectivity index (χ2v) is 7.97. The monoisotopic (exact) mass is 350 g/mol. The first kappa shape index (κ1) is 15.9. The van der Waals surface area contributed by atoms with Gasteiger partial charge in [0.05, 0.1) is 4.90 Å². The molecule has 0 spiro atoms. The van der Waals surface area contributed by atoms with Gasteiger partial charge in [0.1, 0.15) is 0 Å². The van der Waals surface area contributed by atoms with Crippen LogP contribution < -0.4 is 4.72 Å². The van der Waals surface area contributed by atoms with Gasteiger partial charge in [0.25, 0.3) is 0 Å². The molecule has 2 N–H and O–H groups in total. The number of fused-ring (bicyclic) bond motifs is 2. The first-order valence-electron chi connectivity index (χ1n) is 8.08. The molecule has 0 saturated heterocycles. The minimum atomic E-state index is -3.56. The van der Waals surface area contributed by atoms with Crippen LogP contribution in [0.15, 0.2) is 71.6 Å².